The number of aryl methyl sites for hydroxylation is 2. The molecule has 166 valence electrons. The molecule has 0 amide bonds. The third-order valence-corrected chi connectivity index (χ3v) is 5.23. The van der Waals surface area contributed by atoms with Crippen molar-refractivity contribution in [2.24, 2.45) is 12.8 Å². The van der Waals surface area contributed by atoms with Gasteiger partial charge in [0.2, 0.25) is 0 Å². The molecular weight excluding hydrogens is 430 g/mol. The molecule has 2 aromatic carbocycles. The smallest absolute Gasteiger partial charge is 0.356 e. The van der Waals surface area contributed by atoms with E-state index in [4.69, 9.17) is 21.2 Å². The molecule has 2 aromatic heterocycles. The number of nitrogen functional groups attached to an aromatic ring is 1. The summed E-state index contributed by atoms with van der Waals surface area (Å²) >= 11 is 0. The Morgan fingerprint density at radius 2 is 1.91 bits per heavy atom. The molecule has 4 aromatic rings. The van der Waals surface area contributed by atoms with E-state index in [1.807, 2.05) is 46.5 Å². The summed E-state index contributed by atoms with van der Waals surface area (Å²) in [7, 11) is 1.98. The number of hydrogen-bond acceptors (Lipinski definition) is 5. The van der Waals surface area contributed by atoms with Crippen molar-refractivity contribution in [2.45, 2.75) is 20.0 Å². The number of carboxylic acid groups (broad SMARTS) is 1. The first-order chi connectivity index (χ1) is 14.8. The number of rotatable bonds is 7. The minimum absolute atomic E-state index is 0. The number of imidazole rings is 2. The molecule has 5 N–H and O–H groups in total. The molecule has 0 fully saturated rings. The first-order valence-electron chi connectivity index (χ1n) is 9.71. The van der Waals surface area contributed by atoms with Gasteiger partial charge >= 0.3 is 5.97 Å². The van der Waals surface area contributed by atoms with E-state index in [2.05, 4.69) is 10.3 Å². The Hall–Kier alpha value is -3.85. The summed E-state index contributed by atoms with van der Waals surface area (Å²) in [6, 6.07) is 13.4. The predicted molar refractivity (Wildman–Crippen MR) is 126 cm³/mol. The Morgan fingerprint density at radius 1 is 1.19 bits per heavy atom. The fourth-order valence-corrected chi connectivity index (χ4v) is 3.47. The summed E-state index contributed by atoms with van der Waals surface area (Å²) in [6.07, 6.45) is 1.55. The van der Waals surface area contributed by atoms with Crippen LogP contribution in [0.1, 0.15) is 33.3 Å². The Labute approximate surface area is 190 Å². The number of aromatic carboxylic acids is 1. The van der Waals surface area contributed by atoms with Gasteiger partial charge in [-0.3, -0.25) is 5.41 Å². The van der Waals surface area contributed by atoms with Gasteiger partial charge in [0.15, 0.2) is 5.69 Å². The molecule has 10 heteroatoms. The van der Waals surface area contributed by atoms with Crippen molar-refractivity contribution in [3.05, 3.63) is 77.1 Å². The van der Waals surface area contributed by atoms with Crippen molar-refractivity contribution in [1.29, 1.82) is 5.41 Å². The second kappa shape index (κ2) is 9.11. The Bertz CT molecular complexity index is 1290. The molecule has 0 atom stereocenters. The molecule has 0 bridgehead atoms. The third-order valence-electron chi connectivity index (χ3n) is 5.23. The molecule has 9 nitrogen and oxygen atoms in total. The molecule has 0 saturated carbocycles. The molecule has 0 spiro atoms. The molecule has 4 rings (SSSR count). The zero-order valence-electron chi connectivity index (χ0n) is 17.7. The number of carbonyl (C=O) groups is 1. The number of fused-ring (bicyclic) bond motifs is 1. The second-order valence-corrected chi connectivity index (χ2v) is 7.36. The van der Waals surface area contributed by atoms with Crippen molar-refractivity contribution in [3.63, 3.8) is 0 Å². The third kappa shape index (κ3) is 4.57. The van der Waals surface area contributed by atoms with Crippen LogP contribution in [-0.4, -0.2) is 36.0 Å². The minimum Gasteiger partial charge on any atom is -0.476 e. The summed E-state index contributed by atoms with van der Waals surface area (Å²) in [5.74, 6) is 0.548. The van der Waals surface area contributed by atoms with Crippen molar-refractivity contribution in [3.8, 4) is 0 Å². The molecule has 0 aliphatic heterocycles. The number of carboxylic acids is 1. The van der Waals surface area contributed by atoms with Crippen LogP contribution < -0.4 is 11.1 Å². The van der Waals surface area contributed by atoms with E-state index >= 15 is 0 Å². The van der Waals surface area contributed by atoms with Gasteiger partial charge in [0.05, 0.1) is 17.6 Å². The highest BCUT2D eigenvalue weighted by atomic mass is 35.5. The van der Waals surface area contributed by atoms with Gasteiger partial charge in [-0.15, -0.1) is 12.4 Å². The van der Waals surface area contributed by atoms with Crippen LogP contribution in [0, 0.1) is 12.3 Å². The number of nitrogens with zero attached hydrogens (tertiary/aromatic N) is 4. The highest BCUT2D eigenvalue weighted by Crippen LogP contribution is 2.19. The van der Waals surface area contributed by atoms with Crippen molar-refractivity contribution >= 4 is 40.9 Å². The van der Waals surface area contributed by atoms with E-state index in [0.717, 1.165) is 28.1 Å². The Morgan fingerprint density at radius 3 is 2.53 bits per heavy atom. The number of aromatic nitrogens is 4. The topological polar surface area (TPSA) is 135 Å². The van der Waals surface area contributed by atoms with Crippen molar-refractivity contribution in [2.75, 3.05) is 5.32 Å². The van der Waals surface area contributed by atoms with Crippen LogP contribution in [0.2, 0.25) is 0 Å². The summed E-state index contributed by atoms with van der Waals surface area (Å²) in [4.78, 5) is 20.0. The van der Waals surface area contributed by atoms with Crippen LogP contribution in [0.25, 0.3) is 11.0 Å². The van der Waals surface area contributed by atoms with Crippen LogP contribution >= 0.6 is 12.4 Å². The second-order valence-electron chi connectivity index (χ2n) is 7.36. The maximum atomic E-state index is 11.1. The maximum absolute atomic E-state index is 11.1. The first-order valence-corrected chi connectivity index (χ1v) is 9.71. The minimum atomic E-state index is -1.03. The zero-order valence-corrected chi connectivity index (χ0v) is 18.5. The van der Waals surface area contributed by atoms with Crippen molar-refractivity contribution in [1.82, 2.24) is 19.1 Å². The van der Waals surface area contributed by atoms with E-state index < -0.39 is 5.97 Å². The van der Waals surface area contributed by atoms with E-state index in [-0.39, 0.29) is 23.9 Å². The Kier molecular flexibility index (Phi) is 6.50. The highest BCUT2D eigenvalue weighted by Gasteiger charge is 2.12. The summed E-state index contributed by atoms with van der Waals surface area (Å²) in [6.45, 7) is 2.86. The number of amidine groups is 1. The number of anilines is 1. The maximum Gasteiger partial charge on any atom is 0.356 e. The molecule has 2 heterocycles. The fourth-order valence-electron chi connectivity index (χ4n) is 3.47. The van der Waals surface area contributed by atoms with Crippen LogP contribution in [0.4, 0.5) is 5.69 Å². The lowest BCUT2D eigenvalue weighted by molar-refractivity contribution is 0.0691. The summed E-state index contributed by atoms with van der Waals surface area (Å²) in [5.41, 5.74) is 10.0. The van der Waals surface area contributed by atoms with Crippen LogP contribution in [-0.2, 0) is 20.1 Å². The van der Waals surface area contributed by atoms with Crippen LogP contribution in [0.3, 0.4) is 0 Å². The normalized spacial score (nSPS) is 10.7. The number of nitrogens with one attached hydrogen (secondary N) is 2. The lowest BCUT2D eigenvalue weighted by Crippen LogP contribution is -2.11. The largest absolute Gasteiger partial charge is 0.476 e. The van der Waals surface area contributed by atoms with Gasteiger partial charge in [0.25, 0.3) is 0 Å². The van der Waals surface area contributed by atoms with Gasteiger partial charge in [0, 0.05) is 31.0 Å². The summed E-state index contributed by atoms with van der Waals surface area (Å²) in [5, 5.41) is 19.9. The molecule has 0 radical (unpaired) electrons. The van der Waals surface area contributed by atoms with Crippen LogP contribution in [0.15, 0.2) is 48.7 Å². The number of hydrogen-bond donors (Lipinski definition) is 4. The van der Waals surface area contributed by atoms with Gasteiger partial charge in [-0.05, 0) is 48.9 Å². The van der Waals surface area contributed by atoms with E-state index in [1.54, 1.807) is 25.3 Å². The number of benzene rings is 2. The number of halogens is 1. The lowest BCUT2D eigenvalue weighted by atomic mass is 10.2. The lowest BCUT2D eigenvalue weighted by Gasteiger charge is -2.07. The van der Waals surface area contributed by atoms with Gasteiger partial charge in [-0.2, -0.15) is 0 Å². The molecule has 0 unspecified atom stereocenters. The molecule has 0 aliphatic rings. The molecule has 0 aliphatic carbocycles. The SMILES string of the molecule is Cc1nc(C(=O)O)cn1Cc1ccc2c(c1)nc(CNc1ccc(C(=N)N)cc1)n2C.Cl. The van der Waals surface area contributed by atoms with Gasteiger partial charge in [0.1, 0.15) is 17.5 Å². The average molecular weight is 454 g/mol. The monoisotopic (exact) mass is 453 g/mol. The number of nitrogens with two attached hydrogens (primary N) is 1. The van der Waals surface area contributed by atoms with Crippen LogP contribution in [0.5, 0.6) is 0 Å². The van der Waals surface area contributed by atoms with Gasteiger partial charge < -0.3 is 25.3 Å². The van der Waals surface area contributed by atoms with Crippen molar-refractivity contribution < 1.29 is 9.90 Å². The average Bonchev–Trinajstić information content (AvgIpc) is 3.26. The summed E-state index contributed by atoms with van der Waals surface area (Å²) < 4.78 is 3.86. The Balaban J connectivity index is 0.00000289. The van der Waals surface area contributed by atoms with E-state index in [0.29, 0.717) is 24.5 Å². The predicted octanol–water partition coefficient (Wildman–Crippen LogP) is 3.14. The van der Waals surface area contributed by atoms with E-state index in [9.17, 15) is 4.79 Å². The zero-order chi connectivity index (χ0) is 22.1. The quantitative estimate of drug-likeness (QED) is 0.251. The first kappa shape index (κ1) is 22.8. The fraction of sp³-hybridized carbons (Fsp3) is 0.182. The standard InChI is InChI=1S/C22H23N7O2.ClH/c1-13-26-18(22(30)31)12-29(13)11-14-3-8-19-17(9-14)27-20(28(19)2)10-25-16-6-4-15(5-7-16)21(23)24;/h3-9,12,25H,10-11H2,1-2H3,(H3,23,24)(H,30,31);1H. The molecule has 0 saturated heterocycles. The molecular formula is C22H24ClN7O2. The van der Waals surface area contributed by atoms with E-state index in [1.165, 1.54) is 0 Å². The highest BCUT2D eigenvalue weighted by molar-refractivity contribution is 5.95. The molecule has 32 heavy (non-hydrogen) atoms. The van der Waals surface area contributed by atoms with Gasteiger partial charge in [-0.25, -0.2) is 14.8 Å². The van der Waals surface area contributed by atoms with Gasteiger partial charge in [-0.1, -0.05) is 6.07 Å².